The maximum Gasteiger partial charge on any atom is 0.191 e. The molecule has 1 saturated heterocycles. The van der Waals surface area contributed by atoms with Gasteiger partial charge in [0.2, 0.25) is 0 Å². The number of nitrogens with zero attached hydrogens (tertiary/aromatic N) is 2. The zero-order valence-corrected chi connectivity index (χ0v) is 19.7. The van der Waals surface area contributed by atoms with Gasteiger partial charge in [-0.05, 0) is 68.2 Å². The molecular weight excluding hydrogens is 404 g/mol. The second kappa shape index (κ2) is 12.2. The van der Waals surface area contributed by atoms with E-state index in [2.05, 4.69) is 32.7 Å². The molecule has 2 aromatic rings. The summed E-state index contributed by atoms with van der Waals surface area (Å²) in [6.45, 7) is 6.23. The van der Waals surface area contributed by atoms with Crippen molar-refractivity contribution in [2.45, 2.75) is 32.4 Å². The first kappa shape index (κ1) is 23.7. The summed E-state index contributed by atoms with van der Waals surface area (Å²) in [6, 6.07) is 14.6. The monoisotopic (exact) mass is 440 g/mol. The van der Waals surface area contributed by atoms with E-state index in [1.54, 1.807) is 21.3 Å². The summed E-state index contributed by atoms with van der Waals surface area (Å²) in [4.78, 5) is 6.95. The van der Waals surface area contributed by atoms with E-state index < -0.39 is 0 Å². The van der Waals surface area contributed by atoms with Crippen LogP contribution < -0.4 is 24.8 Å². The molecule has 1 aliphatic heterocycles. The first-order valence-electron chi connectivity index (χ1n) is 11.3. The molecule has 1 aliphatic rings. The van der Waals surface area contributed by atoms with E-state index >= 15 is 0 Å². The van der Waals surface area contributed by atoms with E-state index in [1.165, 1.54) is 18.4 Å². The van der Waals surface area contributed by atoms with Crippen molar-refractivity contribution in [1.82, 2.24) is 15.5 Å². The molecule has 1 atom stereocenters. The van der Waals surface area contributed by atoms with E-state index in [0.717, 1.165) is 48.4 Å². The van der Waals surface area contributed by atoms with Gasteiger partial charge in [-0.25, -0.2) is 0 Å². The lowest BCUT2D eigenvalue weighted by Crippen LogP contribution is -2.42. The van der Waals surface area contributed by atoms with E-state index in [0.29, 0.717) is 13.2 Å². The van der Waals surface area contributed by atoms with Crippen molar-refractivity contribution >= 4 is 5.96 Å². The molecule has 0 saturated carbocycles. The minimum Gasteiger partial charge on any atom is -0.497 e. The van der Waals surface area contributed by atoms with E-state index in [-0.39, 0.29) is 6.04 Å². The predicted molar refractivity (Wildman–Crippen MR) is 129 cm³/mol. The third-order valence-corrected chi connectivity index (χ3v) is 5.76. The van der Waals surface area contributed by atoms with Crippen molar-refractivity contribution in [2.75, 3.05) is 47.5 Å². The van der Waals surface area contributed by atoms with Gasteiger partial charge in [0, 0.05) is 20.1 Å². The van der Waals surface area contributed by atoms with Gasteiger partial charge in [0.05, 0.1) is 26.9 Å². The van der Waals surface area contributed by atoms with Gasteiger partial charge in [-0.15, -0.1) is 0 Å². The minimum atomic E-state index is 0.285. The smallest absolute Gasteiger partial charge is 0.191 e. The Labute approximate surface area is 191 Å². The normalized spacial score (nSPS) is 15.3. The van der Waals surface area contributed by atoms with Crippen LogP contribution in [-0.4, -0.2) is 58.4 Å². The summed E-state index contributed by atoms with van der Waals surface area (Å²) < 4.78 is 16.4. The Hall–Kier alpha value is -2.93. The summed E-state index contributed by atoms with van der Waals surface area (Å²) in [6.07, 6.45) is 2.50. The highest BCUT2D eigenvalue weighted by Gasteiger charge is 2.23. The van der Waals surface area contributed by atoms with Crippen LogP contribution >= 0.6 is 0 Å². The predicted octanol–water partition coefficient (Wildman–Crippen LogP) is 3.60. The number of hydrogen-bond donors (Lipinski definition) is 2. The molecule has 0 bridgehead atoms. The van der Waals surface area contributed by atoms with Crippen molar-refractivity contribution in [2.24, 2.45) is 4.99 Å². The van der Waals surface area contributed by atoms with E-state index in [1.807, 2.05) is 37.3 Å². The summed E-state index contributed by atoms with van der Waals surface area (Å²) in [7, 11) is 5.16. The number of nitrogens with one attached hydrogen (secondary N) is 2. The molecule has 32 heavy (non-hydrogen) atoms. The molecule has 0 aliphatic carbocycles. The largest absolute Gasteiger partial charge is 0.497 e. The number of guanidine groups is 1. The summed E-state index contributed by atoms with van der Waals surface area (Å²) in [5, 5.41) is 6.92. The van der Waals surface area contributed by atoms with Gasteiger partial charge in [-0.1, -0.05) is 18.2 Å². The molecule has 3 rings (SSSR count). The summed E-state index contributed by atoms with van der Waals surface area (Å²) in [5.41, 5.74) is 2.38. The molecule has 0 spiro atoms. The number of methoxy groups -OCH3 is 2. The molecule has 1 fully saturated rings. The van der Waals surface area contributed by atoms with Crippen LogP contribution in [0.25, 0.3) is 0 Å². The van der Waals surface area contributed by atoms with Crippen LogP contribution in [-0.2, 0) is 6.54 Å². The molecule has 0 radical (unpaired) electrons. The van der Waals surface area contributed by atoms with Crippen LogP contribution in [0.3, 0.4) is 0 Å². The fourth-order valence-electron chi connectivity index (χ4n) is 4.03. The van der Waals surface area contributed by atoms with Crippen LogP contribution in [0, 0.1) is 0 Å². The van der Waals surface area contributed by atoms with Crippen LogP contribution in [0.5, 0.6) is 17.2 Å². The number of aliphatic imine (C=N–C) groups is 1. The fourth-order valence-corrected chi connectivity index (χ4v) is 4.03. The van der Waals surface area contributed by atoms with Crippen molar-refractivity contribution in [3.05, 3.63) is 53.6 Å². The molecule has 0 aromatic heterocycles. The standard InChI is InChI=1S/C25H36N4O3/c1-5-32-23-13-8-19(16-24(23)31-4)17-27-25(26-2)28-18-22(29-14-6-7-15-29)20-9-11-21(30-3)12-10-20/h8-13,16,22H,5-7,14-15,17-18H2,1-4H3,(H2,26,27,28). The average molecular weight is 441 g/mol. The minimum absolute atomic E-state index is 0.285. The quantitative estimate of drug-likeness (QED) is 0.435. The Bertz CT molecular complexity index is 864. The number of ether oxygens (including phenoxy) is 3. The molecule has 2 aromatic carbocycles. The number of benzene rings is 2. The average Bonchev–Trinajstić information content (AvgIpc) is 3.37. The zero-order chi connectivity index (χ0) is 22.8. The van der Waals surface area contributed by atoms with Gasteiger partial charge in [0.15, 0.2) is 17.5 Å². The highest BCUT2D eigenvalue weighted by atomic mass is 16.5. The van der Waals surface area contributed by atoms with Crippen LogP contribution in [0.1, 0.15) is 36.9 Å². The SMILES string of the molecule is CCOc1ccc(CNC(=NC)NCC(c2ccc(OC)cc2)N2CCCC2)cc1OC. The lowest BCUT2D eigenvalue weighted by Gasteiger charge is -2.29. The highest BCUT2D eigenvalue weighted by molar-refractivity contribution is 5.79. The van der Waals surface area contributed by atoms with E-state index in [9.17, 15) is 0 Å². The van der Waals surface area contributed by atoms with Crippen molar-refractivity contribution in [3.63, 3.8) is 0 Å². The maximum atomic E-state index is 5.61. The van der Waals surface area contributed by atoms with Crippen molar-refractivity contribution in [1.29, 1.82) is 0 Å². The maximum absolute atomic E-state index is 5.61. The zero-order valence-electron chi connectivity index (χ0n) is 19.7. The van der Waals surface area contributed by atoms with Crippen molar-refractivity contribution in [3.8, 4) is 17.2 Å². The van der Waals surface area contributed by atoms with Crippen LogP contribution in [0.15, 0.2) is 47.5 Å². The third kappa shape index (κ3) is 6.29. The lowest BCUT2D eigenvalue weighted by atomic mass is 10.1. The Kier molecular flexibility index (Phi) is 9.04. The topological polar surface area (TPSA) is 67.3 Å². The second-order valence-corrected chi connectivity index (χ2v) is 7.76. The van der Waals surface area contributed by atoms with Crippen LogP contribution in [0.4, 0.5) is 0 Å². The molecule has 0 amide bonds. The molecule has 174 valence electrons. The van der Waals surface area contributed by atoms with Crippen LogP contribution in [0.2, 0.25) is 0 Å². The highest BCUT2D eigenvalue weighted by Crippen LogP contribution is 2.28. The van der Waals surface area contributed by atoms with Gasteiger partial charge in [0.1, 0.15) is 5.75 Å². The van der Waals surface area contributed by atoms with Gasteiger partial charge < -0.3 is 24.8 Å². The number of rotatable bonds is 10. The molecule has 2 N–H and O–H groups in total. The lowest BCUT2D eigenvalue weighted by molar-refractivity contribution is 0.245. The molecule has 7 nitrogen and oxygen atoms in total. The van der Waals surface area contributed by atoms with Gasteiger partial charge >= 0.3 is 0 Å². The first-order valence-corrected chi connectivity index (χ1v) is 11.3. The number of likely N-dealkylation sites (tertiary alicyclic amines) is 1. The molecule has 1 unspecified atom stereocenters. The van der Waals surface area contributed by atoms with Crippen molar-refractivity contribution < 1.29 is 14.2 Å². The third-order valence-electron chi connectivity index (χ3n) is 5.76. The summed E-state index contributed by atoms with van der Waals surface area (Å²) in [5.74, 6) is 3.15. The van der Waals surface area contributed by atoms with Gasteiger partial charge in [-0.2, -0.15) is 0 Å². The first-order chi connectivity index (χ1) is 15.7. The second-order valence-electron chi connectivity index (χ2n) is 7.76. The Morgan fingerprint density at radius 2 is 1.75 bits per heavy atom. The van der Waals surface area contributed by atoms with E-state index in [4.69, 9.17) is 14.2 Å². The van der Waals surface area contributed by atoms with Gasteiger partial charge in [-0.3, -0.25) is 9.89 Å². The molecular formula is C25H36N4O3. The molecule has 1 heterocycles. The summed E-state index contributed by atoms with van der Waals surface area (Å²) >= 11 is 0. The number of hydrogen-bond acceptors (Lipinski definition) is 5. The Balaban J connectivity index is 1.62. The fraction of sp³-hybridized carbons (Fsp3) is 0.480. The molecule has 7 heteroatoms. The Morgan fingerprint density at radius 1 is 1.00 bits per heavy atom. The van der Waals surface area contributed by atoms with Gasteiger partial charge in [0.25, 0.3) is 0 Å². The Morgan fingerprint density at radius 3 is 2.38 bits per heavy atom.